The fourth-order valence-corrected chi connectivity index (χ4v) is 3.27. The molecule has 0 aliphatic carbocycles. The second kappa shape index (κ2) is 5.17. The van der Waals surface area contributed by atoms with E-state index in [0.717, 1.165) is 21.3 Å². The summed E-state index contributed by atoms with van der Waals surface area (Å²) in [5.74, 6) is 0.734. The first-order valence-electron chi connectivity index (χ1n) is 7.15. The van der Waals surface area contributed by atoms with Crippen molar-refractivity contribution in [3.8, 4) is 22.2 Å². The highest BCUT2D eigenvalue weighted by Crippen LogP contribution is 2.27. The van der Waals surface area contributed by atoms with E-state index in [0.29, 0.717) is 11.4 Å². The molecular formula is C17H13N3O2S. The third kappa shape index (κ3) is 2.47. The lowest BCUT2D eigenvalue weighted by Gasteiger charge is -2.01. The molecule has 5 nitrogen and oxygen atoms in total. The van der Waals surface area contributed by atoms with Crippen molar-refractivity contribution in [3.05, 3.63) is 57.2 Å². The zero-order chi connectivity index (χ0) is 16.0. The monoisotopic (exact) mass is 323 g/mol. The third-order valence-corrected chi connectivity index (χ3v) is 4.61. The number of hydrogen-bond acceptors (Lipinski definition) is 5. The summed E-state index contributed by atoms with van der Waals surface area (Å²) in [6.07, 6.45) is 0. The standard InChI is InChI=1S/C17H13N3O2S/c1-9-3-5-13-11(7-9)8-12(16(21)18-13)17-19-15(20-22-17)14-6-4-10(2)23-14/h3-8H,1-2H3,(H,18,21). The van der Waals surface area contributed by atoms with Crippen molar-refractivity contribution in [2.24, 2.45) is 0 Å². The van der Waals surface area contributed by atoms with Gasteiger partial charge in [-0.3, -0.25) is 4.79 Å². The molecule has 6 heteroatoms. The van der Waals surface area contributed by atoms with Crippen molar-refractivity contribution in [2.45, 2.75) is 13.8 Å². The van der Waals surface area contributed by atoms with Crippen molar-refractivity contribution < 1.29 is 4.52 Å². The number of rotatable bonds is 2. The lowest BCUT2D eigenvalue weighted by Crippen LogP contribution is -2.08. The van der Waals surface area contributed by atoms with Gasteiger partial charge in [-0.15, -0.1) is 11.3 Å². The van der Waals surface area contributed by atoms with Crippen LogP contribution in [-0.4, -0.2) is 15.1 Å². The lowest BCUT2D eigenvalue weighted by atomic mass is 10.1. The number of aromatic amines is 1. The number of aryl methyl sites for hydroxylation is 2. The minimum Gasteiger partial charge on any atom is -0.333 e. The number of nitrogens with one attached hydrogen (secondary N) is 1. The van der Waals surface area contributed by atoms with Crippen LogP contribution in [0.3, 0.4) is 0 Å². The van der Waals surface area contributed by atoms with Crippen LogP contribution in [0.15, 0.2) is 45.7 Å². The van der Waals surface area contributed by atoms with Gasteiger partial charge in [-0.25, -0.2) is 0 Å². The van der Waals surface area contributed by atoms with Gasteiger partial charge in [0.1, 0.15) is 5.56 Å². The molecular weight excluding hydrogens is 310 g/mol. The minimum atomic E-state index is -0.237. The van der Waals surface area contributed by atoms with Gasteiger partial charge in [-0.05, 0) is 49.6 Å². The molecule has 0 radical (unpaired) electrons. The maximum Gasteiger partial charge on any atom is 0.263 e. The van der Waals surface area contributed by atoms with E-state index in [1.165, 1.54) is 4.88 Å². The average molecular weight is 323 g/mol. The Morgan fingerprint density at radius 3 is 2.78 bits per heavy atom. The molecule has 1 aromatic carbocycles. The van der Waals surface area contributed by atoms with Gasteiger partial charge >= 0.3 is 0 Å². The zero-order valence-electron chi connectivity index (χ0n) is 12.6. The highest BCUT2D eigenvalue weighted by Gasteiger charge is 2.15. The van der Waals surface area contributed by atoms with Crippen LogP contribution in [0.4, 0.5) is 0 Å². The van der Waals surface area contributed by atoms with Gasteiger partial charge in [0.25, 0.3) is 11.4 Å². The molecule has 1 N–H and O–H groups in total. The second-order valence-corrected chi connectivity index (χ2v) is 6.72. The fraction of sp³-hybridized carbons (Fsp3) is 0.118. The smallest absolute Gasteiger partial charge is 0.263 e. The average Bonchev–Trinajstić information content (AvgIpc) is 3.16. The molecule has 0 bridgehead atoms. The van der Waals surface area contributed by atoms with Gasteiger partial charge in [0.05, 0.1) is 4.88 Å². The predicted molar refractivity (Wildman–Crippen MR) is 90.6 cm³/mol. The summed E-state index contributed by atoms with van der Waals surface area (Å²) in [4.78, 5) is 21.6. The molecule has 4 aromatic rings. The molecule has 3 heterocycles. The van der Waals surface area contributed by atoms with E-state index < -0.39 is 0 Å². The summed E-state index contributed by atoms with van der Waals surface area (Å²) in [5, 5.41) is 4.92. The molecule has 4 rings (SSSR count). The number of H-pyrrole nitrogens is 1. The number of nitrogens with zero attached hydrogens (tertiary/aromatic N) is 2. The zero-order valence-corrected chi connectivity index (χ0v) is 13.4. The molecule has 0 aliphatic heterocycles. The Kier molecular flexibility index (Phi) is 3.12. The molecule has 0 fully saturated rings. The molecule has 0 unspecified atom stereocenters. The van der Waals surface area contributed by atoms with Crippen molar-refractivity contribution in [3.63, 3.8) is 0 Å². The maximum atomic E-state index is 12.3. The van der Waals surface area contributed by atoms with Crippen LogP contribution in [0.2, 0.25) is 0 Å². The van der Waals surface area contributed by atoms with E-state index >= 15 is 0 Å². The summed E-state index contributed by atoms with van der Waals surface area (Å²) >= 11 is 1.59. The van der Waals surface area contributed by atoms with Crippen molar-refractivity contribution in [2.75, 3.05) is 0 Å². The SMILES string of the molecule is Cc1ccc2[nH]c(=O)c(-c3nc(-c4ccc(C)s4)no3)cc2c1. The van der Waals surface area contributed by atoms with Crippen molar-refractivity contribution in [1.82, 2.24) is 15.1 Å². The second-order valence-electron chi connectivity index (χ2n) is 5.44. The van der Waals surface area contributed by atoms with Crippen molar-refractivity contribution >= 4 is 22.2 Å². The van der Waals surface area contributed by atoms with Crippen LogP contribution in [0, 0.1) is 13.8 Å². The minimum absolute atomic E-state index is 0.232. The Morgan fingerprint density at radius 1 is 1.13 bits per heavy atom. The first-order chi connectivity index (χ1) is 11.1. The van der Waals surface area contributed by atoms with Crippen molar-refractivity contribution in [1.29, 1.82) is 0 Å². The van der Waals surface area contributed by atoms with Crippen LogP contribution >= 0.6 is 11.3 Å². The van der Waals surface area contributed by atoms with Crippen LogP contribution in [0.1, 0.15) is 10.4 Å². The van der Waals surface area contributed by atoms with E-state index in [1.807, 2.05) is 44.2 Å². The summed E-state index contributed by atoms with van der Waals surface area (Å²) in [5.41, 5.74) is 2.06. The van der Waals surface area contributed by atoms with Gasteiger partial charge in [-0.1, -0.05) is 16.8 Å². The van der Waals surface area contributed by atoms with Gasteiger partial charge < -0.3 is 9.51 Å². The fourth-order valence-electron chi connectivity index (χ4n) is 2.47. The lowest BCUT2D eigenvalue weighted by molar-refractivity contribution is 0.432. The van der Waals surface area contributed by atoms with E-state index in [4.69, 9.17) is 4.52 Å². The number of aromatic nitrogens is 3. The Hall–Kier alpha value is -2.73. The normalized spacial score (nSPS) is 11.2. The molecule has 0 atom stereocenters. The Labute approximate surface area is 135 Å². The number of thiophene rings is 1. The predicted octanol–water partition coefficient (Wildman–Crippen LogP) is 3.92. The molecule has 0 saturated carbocycles. The van der Waals surface area contributed by atoms with Gasteiger partial charge in [0.2, 0.25) is 5.82 Å². The van der Waals surface area contributed by atoms with Crippen LogP contribution in [-0.2, 0) is 0 Å². The Bertz CT molecular complexity index is 1070. The molecule has 114 valence electrons. The molecule has 0 amide bonds. The number of fused-ring (bicyclic) bond motifs is 1. The third-order valence-electron chi connectivity index (χ3n) is 3.62. The van der Waals surface area contributed by atoms with E-state index in [2.05, 4.69) is 15.1 Å². The molecule has 23 heavy (non-hydrogen) atoms. The van der Waals surface area contributed by atoms with E-state index in [-0.39, 0.29) is 11.4 Å². The summed E-state index contributed by atoms with van der Waals surface area (Å²) in [6, 6.07) is 11.6. The van der Waals surface area contributed by atoms with Crippen LogP contribution in [0.25, 0.3) is 33.1 Å². The van der Waals surface area contributed by atoms with Gasteiger partial charge in [-0.2, -0.15) is 4.98 Å². The Morgan fingerprint density at radius 2 is 2.00 bits per heavy atom. The summed E-state index contributed by atoms with van der Waals surface area (Å²) in [7, 11) is 0. The van der Waals surface area contributed by atoms with E-state index in [9.17, 15) is 4.79 Å². The number of hydrogen-bond donors (Lipinski definition) is 1. The topological polar surface area (TPSA) is 71.8 Å². The molecule has 0 aliphatic rings. The summed E-state index contributed by atoms with van der Waals surface area (Å²) < 4.78 is 5.30. The summed E-state index contributed by atoms with van der Waals surface area (Å²) in [6.45, 7) is 4.03. The highest BCUT2D eigenvalue weighted by molar-refractivity contribution is 7.15. The first kappa shape index (κ1) is 13.9. The number of pyridine rings is 1. The molecule has 0 saturated heterocycles. The van der Waals surface area contributed by atoms with Crippen LogP contribution in [0.5, 0.6) is 0 Å². The molecule has 3 aromatic heterocycles. The number of benzene rings is 1. The van der Waals surface area contributed by atoms with Gasteiger partial charge in [0, 0.05) is 10.4 Å². The van der Waals surface area contributed by atoms with E-state index in [1.54, 1.807) is 17.4 Å². The maximum absolute atomic E-state index is 12.3. The quantitative estimate of drug-likeness (QED) is 0.607. The van der Waals surface area contributed by atoms with Gasteiger partial charge in [0.15, 0.2) is 0 Å². The van der Waals surface area contributed by atoms with Crippen LogP contribution < -0.4 is 5.56 Å². The Balaban J connectivity index is 1.84. The largest absolute Gasteiger partial charge is 0.333 e. The molecule has 0 spiro atoms. The highest BCUT2D eigenvalue weighted by atomic mass is 32.1. The first-order valence-corrected chi connectivity index (χ1v) is 7.96.